The predicted octanol–water partition coefficient (Wildman–Crippen LogP) is 3.34. The third-order valence-electron chi connectivity index (χ3n) is 3.08. The molecule has 0 amide bonds. The van der Waals surface area contributed by atoms with Crippen LogP contribution in [0.2, 0.25) is 0 Å². The van der Waals surface area contributed by atoms with E-state index in [4.69, 9.17) is 11.6 Å². The van der Waals surface area contributed by atoms with E-state index in [2.05, 4.69) is 0 Å². The number of alkyl halides is 1. The first-order valence-electron chi connectivity index (χ1n) is 5.58. The van der Waals surface area contributed by atoms with Crippen LogP contribution in [0.4, 0.5) is 0 Å². The third kappa shape index (κ3) is 4.33. The minimum Gasteiger partial charge on any atom is -0.393 e. The zero-order valence-corrected chi connectivity index (χ0v) is 9.10. The van der Waals surface area contributed by atoms with Gasteiger partial charge in [0, 0.05) is 5.88 Å². The van der Waals surface area contributed by atoms with Crippen molar-refractivity contribution in [2.45, 2.75) is 57.5 Å². The van der Waals surface area contributed by atoms with Crippen molar-refractivity contribution in [3.05, 3.63) is 0 Å². The van der Waals surface area contributed by atoms with Crippen LogP contribution in [0.15, 0.2) is 0 Å². The molecule has 1 aliphatic carbocycles. The molecule has 0 spiro atoms. The summed E-state index contributed by atoms with van der Waals surface area (Å²) in [7, 11) is 0. The van der Waals surface area contributed by atoms with E-state index >= 15 is 0 Å². The van der Waals surface area contributed by atoms with Crippen molar-refractivity contribution in [2.75, 3.05) is 5.88 Å². The lowest BCUT2D eigenvalue weighted by Gasteiger charge is -2.20. The van der Waals surface area contributed by atoms with Crippen molar-refractivity contribution in [1.29, 1.82) is 0 Å². The van der Waals surface area contributed by atoms with E-state index in [0.717, 1.165) is 12.8 Å². The fourth-order valence-corrected chi connectivity index (χ4v) is 2.37. The molecular formula is C11H21ClO. The van der Waals surface area contributed by atoms with Gasteiger partial charge >= 0.3 is 0 Å². The normalized spacial score (nSPS) is 22.6. The molecule has 1 nitrogen and oxygen atoms in total. The number of hydrogen-bond donors (Lipinski definition) is 1. The van der Waals surface area contributed by atoms with E-state index in [0.29, 0.717) is 11.8 Å². The molecule has 1 N–H and O–H groups in total. The Hall–Kier alpha value is 0.250. The highest BCUT2D eigenvalue weighted by molar-refractivity contribution is 6.17. The van der Waals surface area contributed by atoms with Gasteiger partial charge in [0.2, 0.25) is 0 Å². The highest BCUT2D eigenvalue weighted by Gasteiger charge is 2.19. The summed E-state index contributed by atoms with van der Waals surface area (Å²) in [4.78, 5) is 0. The Labute approximate surface area is 86.5 Å². The second-order valence-electron chi connectivity index (χ2n) is 4.15. The molecule has 0 heterocycles. The smallest absolute Gasteiger partial charge is 0.0568 e. The largest absolute Gasteiger partial charge is 0.393 e. The van der Waals surface area contributed by atoms with Crippen LogP contribution < -0.4 is 0 Å². The zero-order chi connectivity index (χ0) is 9.52. The van der Waals surface area contributed by atoms with Gasteiger partial charge in [-0.2, -0.15) is 0 Å². The van der Waals surface area contributed by atoms with Gasteiger partial charge in [0.05, 0.1) is 6.10 Å². The number of aliphatic hydroxyl groups is 1. The molecule has 0 aliphatic heterocycles. The van der Waals surface area contributed by atoms with Crippen LogP contribution in [0.1, 0.15) is 51.4 Å². The van der Waals surface area contributed by atoms with Crippen LogP contribution >= 0.6 is 11.6 Å². The maximum absolute atomic E-state index is 9.87. The fourth-order valence-electron chi connectivity index (χ4n) is 2.22. The molecule has 78 valence electrons. The molecule has 1 rings (SSSR count). The van der Waals surface area contributed by atoms with E-state index in [1.807, 2.05) is 0 Å². The first kappa shape index (κ1) is 11.3. The molecule has 1 fully saturated rings. The maximum atomic E-state index is 9.87. The summed E-state index contributed by atoms with van der Waals surface area (Å²) in [5.41, 5.74) is 0. The Bertz CT molecular complexity index is 119. The molecule has 0 saturated heterocycles. The molecule has 0 aromatic rings. The van der Waals surface area contributed by atoms with Crippen molar-refractivity contribution in [3.63, 3.8) is 0 Å². The first-order valence-corrected chi connectivity index (χ1v) is 6.12. The summed E-state index contributed by atoms with van der Waals surface area (Å²) in [6.45, 7) is 0. The van der Waals surface area contributed by atoms with Gasteiger partial charge in [0.1, 0.15) is 0 Å². The molecule has 0 aromatic carbocycles. The van der Waals surface area contributed by atoms with Gasteiger partial charge in [-0.15, -0.1) is 11.6 Å². The van der Waals surface area contributed by atoms with Crippen molar-refractivity contribution < 1.29 is 5.11 Å². The first-order chi connectivity index (χ1) is 6.34. The molecule has 0 bridgehead atoms. The summed E-state index contributed by atoms with van der Waals surface area (Å²) in [6, 6.07) is 0. The molecule has 1 unspecified atom stereocenters. The van der Waals surface area contributed by atoms with E-state index in [1.165, 1.54) is 38.5 Å². The Balaban J connectivity index is 2.22. The third-order valence-corrected chi connectivity index (χ3v) is 3.34. The summed E-state index contributed by atoms with van der Waals surface area (Å²) >= 11 is 5.61. The van der Waals surface area contributed by atoms with E-state index in [9.17, 15) is 5.11 Å². The van der Waals surface area contributed by atoms with Gasteiger partial charge < -0.3 is 5.11 Å². The molecule has 0 radical (unpaired) electrons. The Morgan fingerprint density at radius 1 is 1.15 bits per heavy atom. The van der Waals surface area contributed by atoms with Crippen molar-refractivity contribution in [2.24, 2.45) is 5.92 Å². The van der Waals surface area contributed by atoms with Crippen LogP contribution in [-0.4, -0.2) is 17.1 Å². The van der Waals surface area contributed by atoms with Crippen LogP contribution in [0.3, 0.4) is 0 Å². The SMILES string of the molecule is OC(CCCCl)C1CCCCCC1. The van der Waals surface area contributed by atoms with Gasteiger partial charge in [-0.1, -0.05) is 25.7 Å². The predicted molar refractivity (Wildman–Crippen MR) is 57.2 cm³/mol. The zero-order valence-electron chi connectivity index (χ0n) is 8.34. The van der Waals surface area contributed by atoms with E-state index < -0.39 is 0 Å². The minimum atomic E-state index is -0.0863. The van der Waals surface area contributed by atoms with Gasteiger partial charge in [-0.25, -0.2) is 0 Å². The van der Waals surface area contributed by atoms with Crippen molar-refractivity contribution in [1.82, 2.24) is 0 Å². The topological polar surface area (TPSA) is 20.2 Å². The Morgan fingerprint density at radius 2 is 1.77 bits per heavy atom. The lowest BCUT2D eigenvalue weighted by atomic mass is 9.91. The molecule has 13 heavy (non-hydrogen) atoms. The monoisotopic (exact) mass is 204 g/mol. The fraction of sp³-hybridized carbons (Fsp3) is 1.00. The quantitative estimate of drug-likeness (QED) is 0.550. The minimum absolute atomic E-state index is 0.0863. The van der Waals surface area contributed by atoms with Crippen LogP contribution in [0.25, 0.3) is 0 Å². The van der Waals surface area contributed by atoms with Crippen LogP contribution in [0.5, 0.6) is 0 Å². The average Bonchev–Trinajstić information content (AvgIpc) is 2.42. The lowest BCUT2D eigenvalue weighted by Crippen LogP contribution is -2.19. The molecule has 0 aromatic heterocycles. The standard InChI is InChI=1S/C11H21ClO/c12-9-5-8-11(13)10-6-3-1-2-4-7-10/h10-11,13H,1-9H2. The average molecular weight is 205 g/mol. The van der Waals surface area contributed by atoms with Gasteiger partial charge in [-0.3, -0.25) is 0 Å². The molecular weight excluding hydrogens is 184 g/mol. The molecule has 1 saturated carbocycles. The highest BCUT2D eigenvalue weighted by Crippen LogP contribution is 2.27. The van der Waals surface area contributed by atoms with Crippen molar-refractivity contribution in [3.8, 4) is 0 Å². The van der Waals surface area contributed by atoms with Crippen LogP contribution in [-0.2, 0) is 0 Å². The lowest BCUT2D eigenvalue weighted by molar-refractivity contribution is 0.0896. The number of rotatable bonds is 4. The van der Waals surface area contributed by atoms with Gasteiger partial charge in [0.15, 0.2) is 0 Å². The molecule has 1 atom stereocenters. The van der Waals surface area contributed by atoms with Crippen molar-refractivity contribution >= 4 is 11.6 Å². The van der Waals surface area contributed by atoms with Gasteiger partial charge in [-0.05, 0) is 31.6 Å². The number of aliphatic hydroxyl groups excluding tert-OH is 1. The van der Waals surface area contributed by atoms with E-state index in [1.54, 1.807) is 0 Å². The number of hydrogen-bond acceptors (Lipinski definition) is 1. The summed E-state index contributed by atoms with van der Waals surface area (Å²) in [6.07, 6.45) is 9.56. The second kappa shape index (κ2) is 6.67. The summed E-state index contributed by atoms with van der Waals surface area (Å²) in [5.74, 6) is 1.25. The maximum Gasteiger partial charge on any atom is 0.0568 e. The summed E-state index contributed by atoms with van der Waals surface area (Å²) < 4.78 is 0. The van der Waals surface area contributed by atoms with Crippen LogP contribution in [0, 0.1) is 5.92 Å². The molecule has 2 heteroatoms. The van der Waals surface area contributed by atoms with Gasteiger partial charge in [0.25, 0.3) is 0 Å². The summed E-state index contributed by atoms with van der Waals surface area (Å²) in [5, 5.41) is 9.87. The number of halogens is 1. The highest BCUT2D eigenvalue weighted by atomic mass is 35.5. The molecule has 1 aliphatic rings. The van der Waals surface area contributed by atoms with E-state index in [-0.39, 0.29) is 6.10 Å². The second-order valence-corrected chi connectivity index (χ2v) is 4.53. The Kier molecular flexibility index (Phi) is 5.81. The Morgan fingerprint density at radius 3 is 2.31 bits per heavy atom.